The highest BCUT2D eigenvalue weighted by Crippen LogP contribution is 2.22. The van der Waals surface area contributed by atoms with E-state index in [1.54, 1.807) is 0 Å². The van der Waals surface area contributed by atoms with Crippen LogP contribution in [0.15, 0.2) is 15.9 Å². The van der Waals surface area contributed by atoms with Crippen molar-refractivity contribution in [3.8, 4) is 0 Å². The molecule has 7 heteroatoms. The quantitative estimate of drug-likeness (QED) is 0.633. The van der Waals surface area contributed by atoms with Crippen LogP contribution in [0.4, 0.5) is 13.2 Å². The van der Waals surface area contributed by atoms with Gasteiger partial charge in [0, 0.05) is 9.85 Å². The molecular formula is C8H4BrF3O2S. The molecule has 0 amide bonds. The third-order valence-corrected chi connectivity index (χ3v) is 3.21. The molecule has 0 N–H and O–H groups in total. The molecule has 1 aromatic rings. The number of halogens is 4. The second-order valence-corrected chi connectivity index (χ2v) is 4.39. The standard InChI is InChI=1S/C8H4BrF3O2S/c9-3-1-4(15-2-3)6(13)5(10)7(14)8(11)12/h1-2,5,8H. The number of rotatable bonds is 4. The van der Waals surface area contributed by atoms with Gasteiger partial charge >= 0.3 is 0 Å². The fourth-order valence-electron chi connectivity index (χ4n) is 0.807. The van der Waals surface area contributed by atoms with E-state index in [-0.39, 0.29) is 4.88 Å². The Hall–Kier alpha value is -0.690. The van der Waals surface area contributed by atoms with Crippen molar-refractivity contribution < 1.29 is 22.8 Å². The van der Waals surface area contributed by atoms with Crippen LogP contribution in [-0.2, 0) is 4.79 Å². The molecule has 0 fully saturated rings. The average molecular weight is 301 g/mol. The summed E-state index contributed by atoms with van der Waals surface area (Å²) in [5.74, 6) is -3.22. The van der Waals surface area contributed by atoms with Gasteiger partial charge in [-0.3, -0.25) is 9.59 Å². The molecule has 0 saturated heterocycles. The van der Waals surface area contributed by atoms with Crippen molar-refractivity contribution in [2.24, 2.45) is 0 Å². The largest absolute Gasteiger partial charge is 0.299 e. The number of hydrogen-bond donors (Lipinski definition) is 0. The van der Waals surface area contributed by atoms with E-state index in [0.717, 1.165) is 11.3 Å². The van der Waals surface area contributed by atoms with Crippen LogP contribution >= 0.6 is 27.3 Å². The first-order valence-corrected chi connectivity index (χ1v) is 5.35. The fraction of sp³-hybridized carbons (Fsp3) is 0.250. The lowest BCUT2D eigenvalue weighted by Gasteiger charge is -2.03. The molecule has 0 spiro atoms. The Bertz CT molecular complexity index is 391. The predicted octanol–water partition coefficient (Wildman–Crippen LogP) is 2.87. The first-order chi connectivity index (χ1) is 6.93. The molecule has 15 heavy (non-hydrogen) atoms. The summed E-state index contributed by atoms with van der Waals surface area (Å²) in [5.41, 5.74) is 0. The highest BCUT2D eigenvalue weighted by atomic mass is 79.9. The summed E-state index contributed by atoms with van der Waals surface area (Å²) >= 11 is 3.90. The highest BCUT2D eigenvalue weighted by molar-refractivity contribution is 9.10. The van der Waals surface area contributed by atoms with Crippen molar-refractivity contribution >= 4 is 38.8 Å². The van der Waals surface area contributed by atoms with Gasteiger partial charge in [-0.1, -0.05) is 0 Å². The van der Waals surface area contributed by atoms with Crippen molar-refractivity contribution in [2.75, 3.05) is 0 Å². The fourth-order valence-corrected chi connectivity index (χ4v) is 2.19. The molecule has 1 rings (SSSR count). The maximum Gasteiger partial charge on any atom is 0.299 e. The van der Waals surface area contributed by atoms with Gasteiger partial charge in [-0.25, -0.2) is 13.2 Å². The van der Waals surface area contributed by atoms with Gasteiger partial charge in [0.05, 0.1) is 4.88 Å². The Morgan fingerprint density at radius 1 is 1.33 bits per heavy atom. The van der Waals surface area contributed by atoms with Gasteiger partial charge in [0.15, 0.2) is 0 Å². The lowest BCUT2D eigenvalue weighted by Crippen LogP contribution is -2.30. The van der Waals surface area contributed by atoms with Crippen LogP contribution in [0.2, 0.25) is 0 Å². The van der Waals surface area contributed by atoms with Crippen LogP contribution in [0.25, 0.3) is 0 Å². The molecular weight excluding hydrogens is 297 g/mol. The minimum atomic E-state index is -3.47. The zero-order valence-electron chi connectivity index (χ0n) is 7.05. The molecule has 0 saturated carbocycles. The van der Waals surface area contributed by atoms with E-state index in [9.17, 15) is 22.8 Å². The van der Waals surface area contributed by atoms with Crippen molar-refractivity contribution in [2.45, 2.75) is 12.6 Å². The SMILES string of the molecule is O=C(c1cc(Br)cs1)C(F)C(=O)C(F)F. The predicted molar refractivity (Wildman–Crippen MR) is 52.3 cm³/mol. The molecule has 0 bridgehead atoms. The smallest absolute Gasteiger partial charge is 0.289 e. The van der Waals surface area contributed by atoms with Gasteiger partial charge < -0.3 is 0 Å². The highest BCUT2D eigenvalue weighted by Gasteiger charge is 2.33. The minimum Gasteiger partial charge on any atom is -0.289 e. The van der Waals surface area contributed by atoms with Gasteiger partial charge in [-0.2, -0.15) is 0 Å². The van der Waals surface area contributed by atoms with Crippen molar-refractivity contribution in [3.05, 3.63) is 20.8 Å². The van der Waals surface area contributed by atoms with E-state index >= 15 is 0 Å². The van der Waals surface area contributed by atoms with Gasteiger partial charge in [-0.15, -0.1) is 11.3 Å². The second-order valence-electron chi connectivity index (χ2n) is 2.56. The van der Waals surface area contributed by atoms with Crippen LogP contribution in [0.3, 0.4) is 0 Å². The molecule has 0 aromatic carbocycles. The monoisotopic (exact) mass is 300 g/mol. The summed E-state index contributed by atoms with van der Waals surface area (Å²) < 4.78 is 37.1. The van der Waals surface area contributed by atoms with Gasteiger partial charge in [0.2, 0.25) is 17.7 Å². The minimum absolute atomic E-state index is 0.0663. The van der Waals surface area contributed by atoms with Gasteiger partial charge in [0.1, 0.15) is 0 Å². The molecule has 2 nitrogen and oxygen atoms in total. The Kier molecular flexibility index (Phi) is 4.04. The van der Waals surface area contributed by atoms with E-state index < -0.39 is 24.2 Å². The summed E-state index contributed by atoms with van der Waals surface area (Å²) in [6.45, 7) is 0. The Morgan fingerprint density at radius 3 is 2.33 bits per heavy atom. The third-order valence-electron chi connectivity index (χ3n) is 1.51. The molecule has 82 valence electrons. The van der Waals surface area contributed by atoms with Gasteiger partial charge in [0.25, 0.3) is 6.43 Å². The lowest BCUT2D eigenvalue weighted by molar-refractivity contribution is -0.132. The molecule has 0 aliphatic rings. The average Bonchev–Trinajstić information content (AvgIpc) is 2.61. The van der Waals surface area contributed by atoms with Crippen LogP contribution in [0, 0.1) is 0 Å². The Balaban J connectivity index is 2.82. The first kappa shape index (κ1) is 12.4. The zero-order valence-corrected chi connectivity index (χ0v) is 9.45. The molecule has 1 heterocycles. The van der Waals surface area contributed by atoms with Crippen LogP contribution in [0.5, 0.6) is 0 Å². The van der Waals surface area contributed by atoms with Crippen molar-refractivity contribution in [1.29, 1.82) is 0 Å². The summed E-state index contributed by atoms with van der Waals surface area (Å²) in [6, 6.07) is 1.28. The first-order valence-electron chi connectivity index (χ1n) is 3.67. The van der Waals surface area contributed by atoms with E-state index in [2.05, 4.69) is 15.9 Å². The molecule has 1 atom stereocenters. The molecule has 0 radical (unpaired) electrons. The van der Waals surface area contributed by atoms with Crippen molar-refractivity contribution in [1.82, 2.24) is 0 Å². The maximum absolute atomic E-state index is 12.9. The number of thiophene rings is 1. The van der Waals surface area contributed by atoms with E-state index in [1.165, 1.54) is 11.4 Å². The topological polar surface area (TPSA) is 34.1 Å². The lowest BCUT2D eigenvalue weighted by atomic mass is 10.1. The molecule has 1 unspecified atom stereocenters. The normalized spacial score (nSPS) is 12.9. The number of hydrogen-bond acceptors (Lipinski definition) is 3. The second kappa shape index (κ2) is 4.89. The third kappa shape index (κ3) is 2.88. The van der Waals surface area contributed by atoms with E-state index in [0.29, 0.717) is 4.47 Å². The van der Waals surface area contributed by atoms with Crippen LogP contribution < -0.4 is 0 Å². The number of carbonyl (C=O) groups excluding carboxylic acids is 2. The van der Waals surface area contributed by atoms with Crippen LogP contribution in [-0.4, -0.2) is 24.2 Å². The number of alkyl halides is 3. The number of ketones is 2. The van der Waals surface area contributed by atoms with Crippen LogP contribution in [0.1, 0.15) is 9.67 Å². The maximum atomic E-state index is 12.9. The van der Waals surface area contributed by atoms with E-state index in [1.807, 2.05) is 0 Å². The van der Waals surface area contributed by atoms with Gasteiger partial charge in [-0.05, 0) is 22.0 Å². The molecule has 0 aliphatic heterocycles. The summed E-state index contributed by atoms with van der Waals surface area (Å²) in [4.78, 5) is 21.6. The number of Topliss-reactive ketones (excluding diaryl/α,β-unsaturated/α-hetero) is 2. The Labute approximate surface area is 95.2 Å². The summed E-state index contributed by atoms with van der Waals surface area (Å²) in [5, 5.41) is 1.49. The Morgan fingerprint density at radius 2 is 1.93 bits per heavy atom. The van der Waals surface area contributed by atoms with E-state index in [4.69, 9.17) is 0 Å². The zero-order chi connectivity index (χ0) is 11.6. The molecule has 0 aliphatic carbocycles. The summed E-state index contributed by atoms with van der Waals surface area (Å²) in [7, 11) is 0. The molecule has 1 aromatic heterocycles. The van der Waals surface area contributed by atoms with Crippen molar-refractivity contribution in [3.63, 3.8) is 0 Å². The summed E-state index contributed by atoms with van der Waals surface area (Å²) in [6.07, 6.45) is -6.25. The number of carbonyl (C=O) groups is 2.